The molecule has 9 heteroatoms. The number of para-hydroxylation sites is 1. The van der Waals surface area contributed by atoms with Crippen LogP contribution >= 0.6 is 11.3 Å². The van der Waals surface area contributed by atoms with Crippen molar-refractivity contribution in [2.75, 3.05) is 5.32 Å². The van der Waals surface area contributed by atoms with Gasteiger partial charge in [-0.3, -0.25) is 19.5 Å². The minimum Gasteiger partial charge on any atom is -0.305 e. The van der Waals surface area contributed by atoms with Crippen LogP contribution in [0.2, 0.25) is 0 Å². The summed E-state index contributed by atoms with van der Waals surface area (Å²) in [5.41, 5.74) is -0.404. The van der Waals surface area contributed by atoms with E-state index in [2.05, 4.69) is 15.6 Å². The lowest BCUT2D eigenvalue weighted by Crippen LogP contribution is -2.38. The summed E-state index contributed by atoms with van der Waals surface area (Å²) in [4.78, 5) is 42.0. The molecule has 0 bridgehead atoms. The van der Waals surface area contributed by atoms with Crippen LogP contribution in [-0.2, 0) is 17.8 Å². The zero-order valence-electron chi connectivity index (χ0n) is 13.8. The summed E-state index contributed by atoms with van der Waals surface area (Å²) in [6, 6.07) is 6.45. The van der Waals surface area contributed by atoms with Gasteiger partial charge >= 0.3 is 6.03 Å². The molecule has 3 rings (SSSR count). The molecule has 1 aromatic carbocycles. The Morgan fingerprint density at radius 3 is 2.81 bits per heavy atom. The smallest absolute Gasteiger partial charge is 0.305 e. The van der Waals surface area contributed by atoms with Crippen LogP contribution in [0.3, 0.4) is 0 Å². The summed E-state index contributed by atoms with van der Waals surface area (Å²) in [5.74, 6) is -1.34. The molecule has 0 fully saturated rings. The SMILES string of the molecule is CCc1cc2c(=O)n(CC(=O)NC(=O)Nc3ccccc3F)cnc2s1. The van der Waals surface area contributed by atoms with Gasteiger partial charge in [0.15, 0.2) is 0 Å². The Hall–Kier alpha value is -3.07. The molecule has 7 nitrogen and oxygen atoms in total. The molecule has 0 saturated heterocycles. The molecule has 2 heterocycles. The van der Waals surface area contributed by atoms with Crippen LogP contribution in [0.1, 0.15) is 11.8 Å². The second kappa shape index (κ2) is 7.44. The maximum absolute atomic E-state index is 13.5. The van der Waals surface area contributed by atoms with E-state index in [0.717, 1.165) is 15.9 Å². The molecule has 2 N–H and O–H groups in total. The van der Waals surface area contributed by atoms with Crippen LogP contribution in [0.5, 0.6) is 0 Å². The summed E-state index contributed by atoms with van der Waals surface area (Å²) in [5, 5.41) is 4.73. The van der Waals surface area contributed by atoms with Crippen molar-refractivity contribution in [3.63, 3.8) is 0 Å². The molecule has 3 amide bonds. The van der Waals surface area contributed by atoms with E-state index in [9.17, 15) is 18.8 Å². The van der Waals surface area contributed by atoms with Crippen LogP contribution in [0.4, 0.5) is 14.9 Å². The Morgan fingerprint density at radius 2 is 2.08 bits per heavy atom. The molecule has 0 spiro atoms. The van der Waals surface area contributed by atoms with E-state index < -0.39 is 17.8 Å². The van der Waals surface area contributed by atoms with Gasteiger partial charge in [-0.1, -0.05) is 19.1 Å². The van der Waals surface area contributed by atoms with Gasteiger partial charge in [0, 0.05) is 4.88 Å². The molecule has 0 unspecified atom stereocenters. The van der Waals surface area contributed by atoms with Crippen molar-refractivity contribution in [3.8, 4) is 0 Å². The second-order valence-corrected chi connectivity index (χ2v) is 6.56. The lowest BCUT2D eigenvalue weighted by atomic mass is 10.3. The number of hydrogen-bond donors (Lipinski definition) is 2. The summed E-state index contributed by atoms with van der Waals surface area (Å²) in [6.07, 6.45) is 2.06. The fourth-order valence-electron chi connectivity index (χ4n) is 2.33. The summed E-state index contributed by atoms with van der Waals surface area (Å²) < 4.78 is 14.6. The number of carbonyl (C=O) groups excluding carboxylic acids is 2. The first-order chi connectivity index (χ1) is 12.5. The molecule has 134 valence electrons. The highest BCUT2D eigenvalue weighted by molar-refractivity contribution is 7.18. The van der Waals surface area contributed by atoms with Crippen molar-refractivity contribution in [3.05, 3.63) is 57.7 Å². The van der Waals surface area contributed by atoms with Crippen molar-refractivity contribution >= 4 is 39.2 Å². The number of amides is 3. The third-order valence-corrected chi connectivity index (χ3v) is 4.79. The topological polar surface area (TPSA) is 93.1 Å². The van der Waals surface area contributed by atoms with Gasteiger partial charge in [0.1, 0.15) is 17.2 Å². The first-order valence-electron chi connectivity index (χ1n) is 7.81. The Morgan fingerprint density at radius 1 is 1.31 bits per heavy atom. The Kier molecular flexibility index (Phi) is 5.08. The number of imide groups is 1. The number of thiophene rings is 1. The number of fused-ring (bicyclic) bond motifs is 1. The van der Waals surface area contributed by atoms with Gasteiger partial charge in [0.2, 0.25) is 5.91 Å². The maximum Gasteiger partial charge on any atom is 0.326 e. The zero-order valence-corrected chi connectivity index (χ0v) is 14.6. The fraction of sp³-hybridized carbons (Fsp3) is 0.176. The van der Waals surface area contributed by atoms with Gasteiger partial charge in [-0.15, -0.1) is 11.3 Å². The molecule has 0 aliphatic carbocycles. The minimum absolute atomic E-state index is 0.0524. The molecular formula is C17H15FN4O3S. The molecule has 0 radical (unpaired) electrons. The molecule has 26 heavy (non-hydrogen) atoms. The van der Waals surface area contributed by atoms with Crippen molar-refractivity contribution < 1.29 is 14.0 Å². The number of anilines is 1. The standard InChI is InChI=1S/C17H15FN4O3S/c1-2-10-7-11-15(26-10)19-9-22(16(11)24)8-14(23)21-17(25)20-13-6-4-3-5-12(13)18/h3-7,9H,2,8H2,1H3,(H2,20,21,23,25). The van der Waals surface area contributed by atoms with Gasteiger partial charge in [-0.25, -0.2) is 14.2 Å². The van der Waals surface area contributed by atoms with Crippen LogP contribution in [0.25, 0.3) is 10.2 Å². The summed E-state index contributed by atoms with van der Waals surface area (Å²) in [6.45, 7) is 1.61. The van der Waals surface area contributed by atoms with Crippen LogP contribution in [0, 0.1) is 5.82 Å². The average molecular weight is 374 g/mol. The highest BCUT2D eigenvalue weighted by Crippen LogP contribution is 2.20. The minimum atomic E-state index is -0.883. The van der Waals surface area contributed by atoms with E-state index >= 15 is 0 Å². The number of benzene rings is 1. The summed E-state index contributed by atoms with van der Waals surface area (Å²) in [7, 11) is 0. The molecular weight excluding hydrogens is 359 g/mol. The van der Waals surface area contributed by atoms with Gasteiger partial charge in [0.25, 0.3) is 5.56 Å². The largest absolute Gasteiger partial charge is 0.326 e. The third-order valence-electron chi connectivity index (χ3n) is 3.61. The number of urea groups is 1. The number of hydrogen-bond acceptors (Lipinski definition) is 5. The van der Waals surface area contributed by atoms with Crippen LogP contribution < -0.4 is 16.2 Å². The number of rotatable bonds is 4. The van der Waals surface area contributed by atoms with E-state index in [-0.39, 0.29) is 17.8 Å². The number of carbonyl (C=O) groups is 2. The number of halogens is 1. The molecule has 0 aliphatic rings. The van der Waals surface area contributed by atoms with Crippen molar-refractivity contribution in [1.29, 1.82) is 0 Å². The maximum atomic E-state index is 13.5. The van der Waals surface area contributed by atoms with E-state index in [1.165, 1.54) is 35.9 Å². The van der Waals surface area contributed by atoms with Gasteiger partial charge in [-0.2, -0.15) is 0 Å². The van der Waals surface area contributed by atoms with Crippen molar-refractivity contribution in [1.82, 2.24) is 14.9 Å². The molecule has 2 aromatic heterocycles. The van der Waals surface area contributed by atoms with E-state index in [0.29, 0.717) is 10.2 Å². The van der Waals surface area contributed by atoms with E-state index in [4.69, 9.17) is 0 Å². The molecule has 3 aromatic rings. The fourth-order valence-corrected chi connectivity index (χ4v) is 3.26. The molecule has 0 atom stereocenters. The number of nitrogens with zero attached hydrogens (tertiary/aromatic N) is 2. The Balaban J connectivity index is 1.69. The van der Waals surface area contributed by atoms with E-state index in [1.54, 1.807) is 12.1 Å². The first kappa shape index (κ1) is 17.7. The first-order valence-corrected chi connectivity index (χ1v) is 8.62. The second-order valence-electron chi connectivity index (χ2n) is 5.44. The highest BCUT2D eigenvalue weighted by atomic mass is 32.1. The lowest BCUT2D eigenvalue weighted by molar-refractivity contribution is -0.120. The Bertz CT molecular complexity index is 1040. The number of aryl methyl sites for hydroxylation is 1. The number of aromatic nitrogens is 2. The van der Waals surface area contributed by atoms with Gasteiger partial charge < -0.3 is 5.32 Å². The van der Waals surface area contributed by atoms with Crippen molar-refractivity contribution in [2.45, 2.75) is 19.9 Å². The van der Waals surface area contributed by atoms with Gasteiger partial charge in [0.05, 0.1) is 17.4 Å². The monoisotopic (exact) mass is 374 g/mol. The summed E-state index contributed by atoms with van der Waals surface area (Å²) >= 11 is 1.43. The third kappa shape index (κ3) is 3.77. The molecule has 0 saturated carbocycles. The zero-order chi connectivity index (χ0) is 18.7. The lowest BCUT2D eigenvalue weighted by Gasteiger charge is -2.08. The predicted octanol–water partition coefficient (Wildman–Crippen LogP) is 2.51. The van der Waals surface area contributed by atoms with Gasteiger partial charge in [-0.05, 0) is 24.6 Å². The highest BCUT2D eigenvalue weighted by Gasteiger charge is 2.13. The normalized spacial score (nSPS) is 10.7. The van der Waals surface area contributed by atoms with Crippen molar-refractivity contribution in [2.24, 2.45) is 0 Å². The molecule has 0 aliphatic heterocycles. The number of nitrogens with one attached hydrogen (secondary N) is 2. The average Bonchev–Trinajstić information content (AvgIpc) is 3.03. The van der Waals surface area contributed by atoms with Crippen LogP contribution in [0.15, 0.2) is 41.5 Å². The predicted molar refractivity (Wildman–Crippen MR) is 96.8 cm³/mol. The van der Waals surface area contributed by atoms with Crippen LogP contribution in [-0.4, -0.2) is 21.5 Å². The Labute approximate surface area is 151 Å². The van der Waals surface area contributed by atoms with E-state index in [1.807, 2.05) is 6.92 Å². The quantitative estimate of drug-likeness (QED) is 0.734.